The number of hydrogen-bond acceptors (Lipinski definition) is 4. The number of rotatable bonds is 5. The van der Waals surface area contributed by atoms with Crippen molar-refractivity contribution in [1.29, 1.82) is 0 Å². The van der Waals surface area contributed by atoms with Gasteiger partial charge in [0, 0.05) is 24.7 Å². The van der Waals surface area contributed by atoms with Crippen molar-refractivity contribution in [2.75, 3.05) is 6.54 Å². The first-order valence-electron chi connectivity index (χ1n) is 7.63. The largest absolute Gasteiger partial charge is 0.369 e. The summed E-state index contributed by atoms with van der Waals surface area (Å²) < 4.78 is 5.73. The molecule has 2 atom stereocenters. The lowest BCUT2D eigenvalue weighted by Crippen LogP contribution is -2.28. The van der Waals surface area contributed by atoms with E-state index < -0.39 is 0 Å². The van der Waals surface area contributed by atoms with Gasteiger partial charge in [0.05, 0.1) is 24.1 Å². The molecule has 0 aliphatic carbocycles. The monoisotopic (exact) mass is 303 g/mol. The van der Waals surface area contributed by atoms with Gasteiger partial charge in [-0.25, -0.2) is 0 Å². The van der Waals surface area contributed by atoms with Gasteiger partial charge >= 0.3 is 0 Å². The number of ether oxygens (including phenoxy) is 1. The van der Waals surface area contributed by atoms with Gasteiger partial charge in [-0.2, -0.15) is 10.2 Å². The third-order valence-corrected chi connectivity index (χ3v) is 3.93. The van der Waals surface area contributed by atoms with Crippen molar-refractivity contribution >= 4 is 5.91 Å². The Labute approximate surface area is 128 Å². The summed E-state index contributed by atoms with van der Waals surface area (Å²) in [6.45, 7) is 4.60. The fourth-order valence-electron chi connectivity index (χ4n) is 2.85. The summed E-state index contributed by atoms with van der Waals surface area (Å²) in [7, 11) is 0. The molecule has 7 nitrogen and oxygen atoms in total. The molecule has 3 N–H and O–H groups in total. The first-order chi connectivity index (χ1) is 10.6. The third kappa shape index (κ3) is 3.04. The zero-order valence-electron chi connectivity index (χ0n) is 12.8. The molecule has 1 aliphatic heterocycles. The van der Waals surface area contributed by atoms with Crippen LogP contribution in [0.1, 0.15) is 53.7 Å². The predicted octanol–water partition coefficient (Wildman–Crippen LogP) is 1.52. The lowest BCUT2D eigenvalue weighted by molar-refractivity contribution is -0.00697. The highest BCUT2D eigenvalue weighted by atomic mass is 16.5. The summed E-state index contributed by atoms with van der Waals surface area (Å²) in [6.07, 6.45) is 6.20. The van der Waals surface area contributed by atoms with Gasteiger partial charge in [-0.1, -0.05) is 0 Å². The molecule has 3 rings (SSSR count). The van der Waals surface area contributed by atoms with E-state index in [0.717, 1.165) is 29.7 Å². The first-order valence-corrected chi connectivity index (χ1v) is 7.63. The first kappa shape index (κ1) is 14.8. The second-order valence-electron chi connectivity index (χ2n) is 5.72. The van der Waals surface area contributed by atoms with Gasteiger partial charge in [0.25, 0.3) is 5.91 Å². The van der Waals surface area contributed by atoms with Crippen molar-refractivity contribution in [3.63, 3.8) is 0 Å². The Hall–Kier alpha value is -2.15. The second kappa shape index (κ2) is 6.31. The maximum atomic E-state index is 12.3. The quantitative estimate of drug-likeness (QED) is 0.730. The second-order valence-corrected chi connectivity index (χ2v) is 5.72. The molecule has 7 heteroatoms. The number of nitrogens with zero attached hydrogens (tertiary/aromatic N) is 2. The normalized spacial score (nSPS) is 20.6. The SMILES string of the molecule is C[C@@H]1Cc2c(C(=O)NCCCc3cn[nH]c3)n[nH]c2[C@H](C)O1. The van der Waals surface area contributed by atoms with Crippen LogP contribution in [0.25, 0.3) is 0 Å². The van der Waals surface area contributed by atoms with Gasteiger partial charge < -0.3 is 10.1 Å². The number of amides is 1. The molecule has 0 aromatic carbocycles. The average Bonchev–Trinajstić information content (AvgIpc) is 3.12. The fourth-order valence-corrected chi connectivity index (χ4v) is 2.85. The molecule has 2 aromatic rings. The predicted molar refractivity (Wildman–Crippen MR) is 80.5 cm³/mol. The Morgan fingerprint density at radius 1 is 1.50 bits per heavy atom. The van der Waals surface area contributed by atoms with E-state index in [1.54, 1.807) is 6.20 Å². The van der Waals surface area contributed by atoms with E-state index in [-0.39, 0.29) is 18.1 Å². The number of carbonyl (C=O) groups excluding carboxylic acids is 1. The molecule has 0 radical (unpaired) electrons. The Balaban J connectivity index is 1.56. The van der Waals surface area contributed by atoms with Crippen LogP contribution in [0.5, 0.6) is 0 Å². The van der Waals surface area contributed by atoms with Gasteiger partial charge in [-0.15, -0.1) is 0 Å². The van der Waals surface area contributed by atoms with Gasteiger partial charge in [-0.05, 0) is 32.3 Å². The molecule has 2 aromatic heterocycles. The summed E-state index contributed by atoms with van der Waals surface area (Å²) in [4.78, 5) is 12.3. The summed E-state index contributed by atoms with van der Waals surface area (Å²) in [5.41, 5.74) is 3.55. The van der Waals surface area contributed by atoms with Crippen LogP contribution in [0.3, 0.4) is 0 Å². The van der Waals surface area contributed by atoms with E-state index >= 15 is 0 Å². The van der Waals surface area contributed by atoms with E-state index in [1.165, 1.54) is 0 Å². The Kier molecular flexibility index (Phi) is 4.24. The van der Waals surface area contributed by atoms with Crippen molar-refractivity contribution in [1.82, 2.24) is 25.7 Å². The van der Waals surface area contributed by atoms with Crippen molar-refractivity contribution in [2.24, 2.45) is 0 Å². The molecule has 22 heavy (non-hydrogen) atoms. The standard InChI is InChI=1S/C15H21N5O2/c1-9-6-12-13(10(2)22-9)19-20-14(12)15(21)16-5-3-4-11-7-17-18-8-11/h7-10H,3-6H2,1-2H3,(H,16,21)(H,17,18)(H,19,20)/t9-,10+/m1/s1. The van der Waals surface area contributed by atoms with Gasteiger partial charge in [0.15, 0.2) is 5.69 Å². The lowest BCUT2D eigenvalue weighted by Gasteiger charge is -2.25. The van der Waals surface area contributed by atoms with Crippen LogP contribution in [0, 0.1) is 0 Å². The van der Waals surface area contributed by atoms with Crippen LogP contribution in [0.4, 0.5) is 0 Å². The highest BCUT2D eigenvalue weighted by molar-refractivity contribution is 5.94. The Bertz CT molecular complexity index is 634. The molecule has 0 spiro atoms. The minimum Gasteiger partial charge on any atom is -0.369 e. The Morgan fingerprint density at radius 2 is 2.36 bits per heavy atom. The Morgan fingerprint density at radius 3 is 3.14 bits per heavy atom. The fraction of sp³-hybridized carbons (Fsp3) is 0.533. The number of H-pyrrole nitrogens is 2. The van der Waals surface area contributed by atoms with Crippen molar-refractivity contribution in [3.05, 3.63) is 34.9 Å². The molecule has 0 saturated heterocycles. The maximum absolute atomic E-state index is 12.3. The van der Waals surface area contributed by atoms with Crippen molar-refractivity contribution in [2.45, 2.75) is 45.3 Å². The van der Waals surface area contributed by atoms with E-state index in [1.807, 2.05) is 20.0 Å². The molecule has 0 fully saturated rings. The number of hydrogen-bond donors (Lipinski definition) is 3. The van der Waals surface area contributed by atoms with Gasteiger partial charge in [0.2, 0.25) is 0 Å². The van der Waals surface area contributed by atoms with Crippen LogP contribution in [0.2, 0.25) is 0 Å². The van der Waals surface area contributed by atoms with Gasteiger partial charge in [-0.3, -0.25) is 15.0 Å². The summed E-state index contributed by atoms with van der Waals surface area (Å²) >= 11 is 0. The van der Waals surface area contributed by atoms with E-state index in [2.05, 4.69) is 25.7 Å². The summed E-state index contributed by atoms with van der Waals surface area (Å²) in [5.74, 6) is -0.119. The highest BCUT2D eigenvalue weighted by Gasteiger charge is 2.29. The van der Waals surface area contributed by atoms with Gasteiger partial charge in [0.1, 0.15) is 0 Å². The molecular weight excluding hydrogens is 282 g/mol. The molecule has 118 valence electrons. The van der Waals surface area contributed by atoms with E-state index in [9.17, 15) is 4.79 Å². The molecule has 0 bridgehead atoms. The highest BCUT2D eigenvalue weighted by Crippen LogP contribution is 2.29. The van der Waals surface area contributed by atoms with Crippen LogP contribution in [0.15, 0.2) is 12.4 Å². The van der Waals surface area contributed by atoms with Crippen LogP contribution < -0.4 is 5.32 Å². The minimum absolute atomic E-state index is 0.0473. The smallest absolute Gasteiger partial charge is 0.272 e. The molecule has 0 unspecified atom stereocenters. The van der Waals surface area contributed by atoms with Crippen molar-refractivity contribution in [3.8, 4) is 0 Å². The molecular formula is C15H21N5O2. The number of carbonyl (C=O) groups is 1. The zero-order valence-corrected chi connectivity index (χ0v) is 12.8. The summed E-state index contributed by atoms with van der Waals surface area (Å²) in [5, 5.41) is 16.7. The minimum atomic E-state index is -0.119. The lowest BCUT2D eigenvalue weighted by atomic mass is 9.99. The molecule has 3 heterocycles. The topological polar surface area (TPSA) is 95.7 Å². The molecule has 0 saturated carbocycles. The molecule has 1 aliphatic rings. The average molecular weight is 303 g/mol. The number of aromatic nitrogens is 4. The maximum Gasteiger partial charge on any atom is 0.272 e. The number of fused-ring (bicyclic) bond motifs is 1. The van der Waals surface area contributed by atoms with Crippen molar-refractivity contribution < 1.29 is 9.53 Å². The number of aryl methyl sites for hydroxylation is 1. The number of nitrogens with one attached hydrogen (secondary N) is 3. The zero-order chi connectivity index (χ0) is 15.5. The van der Waals surface area contributed by atoms with Crippen LogP contribution in [-0.4, -0.2) is 39.0 Å². The number of aromatic amines is 2. The molecule has 1 amide bonds. The summed E-state index contributed by atoms with van der Waals surface area (Å²) in [6, 6.07) is 0. The third-order valence-electron chi connectivity index (χ3n) is 3.93. The van der Waals surface area contributed by atoms with Crippen LogP contribution >= 0.6 is 0 Å². The van der Waals surface area contributed by atoms with E-state index in [0.29, 0.717) is 18.7 Å². The van der Waals surface area contributed by atoms with Crippen LogP contribution in [-0.2, 0) is 17.6 Å². The van der Waals surface area contributed by atoms with E-state index in [4.69, 9.17) is 4.74 Å².